The number of anilines is 1. The zero-order valence-electron chi connectivity index (χ0n) is 11.3. The summed E-state index contributed by atoms with van der Waals surface area (Å²) < 4.78 is 5.45. The summed E-state index contributed by atoms with van der Waals surface area (Å²) in [6.07, 6.45) is 1.69. The molecule has 1 heterocycles. The van der Waals surface area contributed by atoms with Crippen LogP contribution >= 0.6 is 11.6 Å². The highest BCUT2D eigenvalue weighted by atomic mass is 35.5. The van der Waals surface area contributed by atoms with Gasteiger partial charge in [-0.05, 0) is 49.2 Å². The first-order chi connectivity index (χ1) is 9.54. The number of pyridine rings is 1. The van der Waals surface area contributed by atoms with Crippen LogP contribution in [0.3, 0.4) is 0 Å². The van der Waals surface area contributed by atoms with Crippen LogP contribution < -0.4 is 10.1 Å². The predicted octanol–water partition coefficient (Wildman–Crippen LogP) is 3.37. The molecule has 0 unspecified atom stereocenters. The Morgan fingerprint density at radius 1 is 1.30 bits per heavy atom. The normalized spacial score (nSPS) is 10.2. The number of aryl methyl sites for hydroxylation is 2. The first-order valence-electron chi connectivity index (χ1n) is 6.16. The van der Waals surface area contributed by atoms with Crippen molar-refractivity contribution in [3.63, 3.8) is 0 Å². The second-order valence-corrected chi connectivity index (χ2v) is 4.90. The minimum absolute atomic E-state index is 0.0714. The van der Waals surface area contributed by atoms with Gasteiger partial charge < -0.3 is 10.1 Å². The number of aromatic nitrogens is 1. The van der Waals surface area contributed by atoms with E-state index in [1.165, 1.54) is 0 Å². The summed E-state index contributed by atoms with van der Waals surface area (Å²) in [6, 6.07) is 8.89. The molecule has 2 rings (SSSR count). The lowest BCUT2D eigenvalue weighted by atomic mass is 10.2. The van der Waals surface area contributed by atoms with Crippen molar-refractivity contribution in [3.05, 3.63) is 52.7 Å². The van der Waals surface area contributed by atoms with Crippen LogP contribution in [-0.2, 0) is 4.79 Å². The number of hydrogen-bond acceptors (Lipinski definition) is 3. The number of nitrogens with zero attached hydrogens (tertiary/aromatic N) is 1. The lowest BCUT2D eigenvalue weighted by Gasteiger charge is -2.09. The van der Waals surface area contributed by atoms with Crippen LogP contribution in [0.1, 0.15) is 11.1 Å². The molecule has 0 saturated heterocycles. The third-order valence-electron chi connectivity index (χ3n) is 2.67. The maximum absolute atomic E-state index is 11.7. The standard InChI is InChI=1S/C15H15ClN2O2/c1-10-3-6-14(17-8-10)18-15(19)9-20-13-5-4-12(16)7-11(13)2/h3-8H,9H2,1-2H3,(H,17,18,19). The van der Waals surface area contributed by atoms with E-state index in [2.05, 4.69) is 10.3 Å². The molecular weight excluding hydrogens is 276 g/mol. The van der Waals surface area contributed by atoms with Gasteiger partial charge in [-0.1, -0.05) is 17.7 Å². The minimum atomic E-state index is -0.254. The predicted molar refractivity (Wildman–Crippen MR) is 79.3 cm³/mol. The van der Waals surface area contributed by atoms with Crippen molar-refractivity contribution in [1.29, 1.82) is 0 Å². The van der Waals surface area contributed by atoms with Gasteiger partial charge in [0, 0.05) is 11.2 Å². The molecule has 0 radical (unpaired) electrons. The molecule has 0 saturated carbocycles. The molecule has 0 bridgehead atoms. The third-order valence-corrected chi connectivity index (χ3v) is 2.91. The van der Waals surface area contributed by atoms with Gasteiger partial charge in [-0.25, -0.2) is 4.98 Å². The number of hydrogen-bond donors (Lipinski definition) is 1. The molecule has 0 atom stereocenters. The second-order valence-electron chi connectivity index (χ2n) is 4.47. The molecule has 0 aliphatic heterocycles. The van der Waals surface area contributed by atoms with E-state index in [0.717, 1.165) is 11.1 Å². The molecule has 0 fully saturated rings. The van der Waals surface area contributed by atoms with E-state index in [4.69, 9.17) is 16.3 Å². The van der Waals surface area contributed by atoms with Crippen LogP contribution in [0.15, 0.2) is 36.5 Å². The van der Waals surface area contributed by atoms with E-state index in [1.807, 2.05) is 19.9 Å². The van der Waals surface area contributed by atoms with Crippen molar-refractivity contribution in [2.24, 2.45) is 0 Å². The average molecular weight is 291 g/mol. The third kappa shape index (κ3) is 3.96. The summed E-state index contributed by atoms with van der Waals surface area (Å²) in [6.45, 7) is 3.74. The fraction of sp³-hybridized carbons (Fsp3) is 0.200. The van der Waals surface area contributed by atoms with Crippen molar-refractivity contribution < 1.29 is 9.53 Å². The van der Waals surface area contributed by atoms with E-state index in [-0.39, 0.29) is 12.5 Å². The number of rotatable bonds is 4. The van der Waals surface area contributed by atoms with Crippen molar-refractivity contribution >= 4 is 23.3 Å². The van der Waals surface area contributed by atoms with Crippen molar-refractivity contribution in [3.8, 4) is 5.75 Å². The highest BCUT2D eigenvalue weighted by Crippen LogP contribution is 2.21. The van der Waals surface area contributed by atoms with Gasteiger partial charge in [-0.3, -0.25) is 4.79 Å². The van der Waals surface area contributed by atoms with E-state index in [1.54, 1.807) is 30.5 Å². The number of halogens is 1. The molecule has 1 amide bonds. The van der Waals surface area contributed by atoms with Gasteiger partial charge >= 0.3 is 0 Å². The van der Waals surface area contributed by atoms with Crippen LogP contribution in [-0.4, -0.2) is 17.5 Å². The minimum Gasteiger partial charge on any atom is -0.483 e. The fourth-order valence-corrected chi connectivity index (χ4v) is 1.87. The lowest BCUT2D eigenvalue weighted by Crippen LogP contribution is -2.20. The Hall–Kier alpha value is -2.07. The SMILES string of the molecule is Cc1ccc(NC(=O)COc2ccc(Cl)cc2C)nc1. The van der Waals surface area contributed by atoms with Gasteiger partial charge in [0.15, 0.2) is 6.61 Å². The highest BCUT2D eigenvalue weighted by Gasteiger charge is 2.06. The summed E-state index contributed by atoms with van der Waals surface area (Å²) in [5.74, 6) is 0.897. The molecule has 104 valence electrons. The second kappa shape index (κ2) is 6.39. The van der Waals surface area contributed by atoms with E-state index in [0.29, 0.717) is 16.6 Å². The maximum atomic E-state index is 11.7. The smallest absolute Gasteiger partial charge is 0.263 e. The van der Waals surface area contributed by atoms with E-state index >= 15 is 0 Å². The van der Waals surface area contributed by atoms with E-state index < -0.39 is 0 Å². The Labute approximate surface area is 122 Å². The van der Waals surface area contributed by atoms with Crippen molar-refractivity contribution in [2.75, 3.05) is 11.9 Å². The maximum Gasteiger partial charge on any atom is 0.263 e. The Bertz CT molecular complexity index is 612. The Kier molecular flexibility index (Phi) is 4.58. The van der Waals surface area contributed by atoms with Crippen molar-refractivity contribution in [1.82, 2.24) is 4.98 Å². The molecule has 4 nitrogen and oxygen atoms in total. The first kappa shape index (κ1) is 14.3. The number of carbonyl (C=O) groups is 1. The number of benzene rings is 1. The molecule has 1 aromatic heterocycles. The summed E-state index contributed by atoms with van der Waals surface area (Å²) >= 11 is 5.86. The van der Waals surface area contributed by atoms with Gasteiger partial charge in [-0.2, -0.15) is 0 Å². The zero-order chi connectivity index (χ0) is 14.5. The van der Waals surface area contributed by atoms with Crippen LogP contribution in [0.5, 0.6) is 5.75 Å². The monoisotopic (exact) mass is 290 g/mol. The molecule has 2 aromatic rings. The van der Waals surface area contributed by atoms with Crippen LogP contribution in [0.2, 0.25) is 5.02 Å². The molecule has 20 heavy (non-hydrogen) atoms. The fourth-order valence-electron chi connectivity index (χ4n) is 1.64. The summed E-state index contributed by atoms with van der Waals surface area (Å²) in [7, 11) is 0. The number of nitrogens with one attached hydrogen (secondary N) is 1. The topological polar surface area (TPSA) is 51.2 Å². The molecular formula is C15H15ClN2O2. The Morgan fingerprint density at radius 3 is 2.75 bits per heavy atom. The Balaban J connectivity index is 1.90. The number of ether oxygens (including phenoxy) is 1. The van der Waals surface area contributed by atoms with Gasteiger partial charge in [0.2, 0.25) is 0 Å². The quantitative estimate of drug-likeness (QED) is 0.939. The summed E-state index contributed by atoms with van der Waals surface area (Å²) in [4.78, 5) is 15.8. The van der Waals surface area contributed by atoms with Gasteiger partial charge in [0.05, 0.1) is 0 Å². The van der Waals surface area contributed by atoms with Crippen LogP contribution in [0, 0.1) is 13.8 Å². The van der Waals surface area contributed by atoms with Gasteiger partial charge in [-0.15, -0.1) is 0 Å². The van der Waals surface area contributed by atoms with Crippen molar-refractivity contribution in [2.45, 2.75) is 13.8 Å². The van der Waals surface area contributed by atoms with Crippen LogP contribution in [0.4, 0.5) is 5.82 Å². The highest BCUT2D eigenvalue weighted by molar-refractivity contribution is 6.30. The van der Waals surface area contributed by atoms with E-state index in [9.17, 15) is 4.79 Å². The lowest BCUT2D eigenvalue weighted by molar-refractivity contribution is -0.118. The first-order valence-corrected chi connectivity index (χ1v) is 6.54. The van der Waals surface area contributed by atoms with Crippen LogP contribution in [0.25, 0.3) is 0 Å². The average Bonchev–Trinajstić information content (AvgIpc) is 2.40. The largest absolute Gasteiger partial charge is 0.483 e. The number of carbonyl (C=O) groups excluding carboxylic acids is 1. The molecule has 0 spiro atoms. The molecule has 5 heteroatoms. The Morgan fingerprint density at radius 2 is 2.10 bits per heavy atom. The zero-order valence-corrected chi connectivity index (χ0v) is 12.1. The van der Waals surface area contributed by atoms with Gasteiger partial charge in [0.25, 0.3) is 5.91 Å². The molecule has 0 aliphatic rings. The number of amides is 1. The molecule has 1 N–H and O–H groups in total. The summed E-state index contributed by atoms with van der Waals surface area (Å²) in [5, 5.41) is 3.31. The van der Waals surface area contributed by atoms with Gasteiger partial charge in [0.1, 0.15) is 11.6 Å². The summed E-state index contributed by atoms with van der Waals surface area (Å²) in [5.41, 5.74) is 1.93. The molecule has 1 aromatic carbocycles. The molecule has 0 aliphatic carbocycles.